The van der Waals surface area contributed by atoms with Gasteiger partial charge >= 0.3 is 11.4 Å². The van der Waals surface area contributed by atoms with E-state index >= 15 is 0 Å². The third-order valence-corrected chi connectivity index (χ3v) is 3.50. The summed E-state index contributed by atoms with van der Waals surface area (Å²) >= 11 is 5.41. The summed E-state index contributed by atoms with van der Waals surface area (Å²) in [5.41, 5.74) is -0.00394. The van der Waals surface area contributed by atoms with E-state index in [0.717, 1.165) is 6.26 Å². The van der Waals surface area contributed by atoms with Crippen LogP contribution in [0.3, 0.4) is 0 Å². The Morgan fingerprint density at radius 1 is 1.08 bits per heavy atom. The Bertz CT molecular complexity index is 906. The number of rotatable bonds is 6. The first kappa shape index (κ1) is 21.5. The average molecular weight is 411 g/mol. The van der Waals surface area contributed by atoms with Crippen molar-refractivity contribution in [3.05, 3.63) is 44.0 Å². The summed E-state index contributed by atoms with van der Waals surface area (Å²) in [6.45, 7) is -0.435. The molecule has 0 aliphatic heterocycles. The smallest absolute Gasteiger partial charge is 0.268 e. The molecule has 0 atom stereocenters. The van der Waals surface area contributed by atoms with Crippen LogP contribution in [0.25, 0.3) is 0 Å². The molecule has 0 amide bonds. The van der Waals surface area contributed by atoms with E-state index in [0.29, 0.717) is 5.69 Å². The van der Waals surface area contributed by atoms with Gasteiger partial charge in [-0.25, -0.2) is 0 Å². The van der Waals surface area contributed by atoms with E-state index < -0.39 is 26.6 Å². The highest BCUT2D eigenvalue weighted by Crippen LogP contribution is 2.18. The Hall–Kier alpha value is -2.58. The largest absolute Gasteiger partial charge is 0.312 e. The van der Waals surface area contributed by atoms with Crippen LogP contribution in [-0.4, -0.2) is 44.1 Å². The topological polar surface area (TPSA) is 165 Å². The highest BCUT2D eigenvalue weighted by molar-refractivity contribution is 7.85. The van der Waals surface area contributed by atoms with Gasteiger partial charge in [-0.3, -0.25) is 33.8 Å². The summed E-state index contributed by atoms with van der Waals surface area (Å²) in [6.07, 6.45) is 3.38. The van der Waals surface area contributed by atoms with E-state index in [2.05, 4.69) is 14.4 Å². The first-order chi connectivity index (χ1) is 11.9. The molecule has 0 saturated heterocycles. The van der Waals surface area contributed by atoms with Gasteiger partial charge in [-0.2, -0.15) is 18.6 Å². The van der Waals surface area contributed by atoms with Crippen LogP contribution in [0.2, 0.25) is 0 Å². The second-order valence-corrected chi connectivity index (χ2v) is 6.79. The highest BCUT2D eigenvalue weighted by atomic mass is 35.5. The number of nitro groups is 2. The second kappa shape index (κ2) is 8.68. The predicted octanol–water partition coefficient (Wildman–Crippen LogP) is 0.872. The minimum absolute atomic E-state index is 0.0204. The molecule has 0 saturated carbocycles. The zero-order valence-electron chi connectivity index (χ0n) is 13.9. The molecular formula is C11H15ClN6O7S. The minimum Gasteiger partial charge on any atom is -0.268 e. The van der Waals surface area contributed by atoms with Gasteiger partial charge in [0.2, 0.25) is 0 Å². The number of aryl methyl sites for hydroxylation is 2. The van der Waals surface area contributed by atoms with E-state index in [4.69, 9.17) is 11.6 Å². The van der Waals surface area contributed by atoms with Crippen molar-refractivity contribution < 1.29 is 22.4 Å². The molecule has 0 radical (unpaired) electrons. The molecule has 2 aromatic heterocycles. The van der Waals surface area contributed by atoms with Crippen molar-refractivity contribution in [2.24, 2.45) is 14.1 Å². The quantitative estimate of drug-likeness (QED) is 0.290. The maximum atomic E-state index is 10.7. The summed E-state index contributed by atoms with van der Waals surface area (Å²) in [5.74, 6) is 0.0666. The molecule has 0 aromatic carbocycles. The van der Waals surface area contributed by atoms with Gasteiger partial charge in [-0.15, -0.1) is 11.6 Å². The van der Waals surface area contributed by atoms with E-state index in [9.17, 15) is 28.6 Å². The van der Waals surface area contributed by atoms with Crippen molar-refractivity contribution in [2.45, 2.75) is 12.5 Å². The Labute approximate surface area is 152 Å². The van der Waals surface area contributed by atoms with E-state index in [1.807, 2.05) is 0 Å². The van der Waals surface area contributed by atoms with Crippen LogP contribution in [0.15, 0.2) is 12.4 Å². The second-order valence-electron chi connectivity index (χ2n) is 4.88. The van der Waals surface area contributed by atoms with Gasteiger partial charge in [0, 0.05) is 14.1 Å². The zero-order valence-corrected chi connectivity index (χ0v) is 15.5. The lowest BCUT2D eigenvalue weighted by atomic mass is 10.4. The third kappa shape index (κ3) is 6.38. The summed E-state index contributed by atoms with van der Waals surface area (Å²) in [6, 6.07) is 0. The molecule has 13 nitrogen and oxygen atoms in total. The summed E-state index contributed by atoms with van der Waals surface area (Å²) in [5, 5.41) is 28.3. The lowest BCUT2D eigenvalue weighted by molar-refractivity contribution is -0.385. The van der Waals surface area contributed by atoms with Crippen molar-refractivity contribution in [1.29, 1.82) is 0 Å². The lowest BCUT2D eigenvalue weighted by Crippen LogP contribution is -2.04. The number of hydrogen-bond donors (Lipinski definition) is 0. The first-order valence-corrected chi connectivity index (χ1v) is 9.04. The highest BCUT2D eigenvalue weighted by Gasteiger charge is 2.19. The Balaban J connectivity index is 0.000000273. The van der Waals surface area contributed by atoms with Gasteiger partial charge in [-0.1, -0.05) is 0 Å². The first-order valence-electron chi connectivity index (χ1n) is 6.68. The van der Waals surface area contributed by atoms with E-state index in [-0.39, 0.29) is 22.9 Å². The van der Waals surface area contributed by atoms with Crippen LogP contribution in [0.5, 0.6) is 0 Å². The molecular weight excluding hydrogens is 396 g/mol. The van der Waals surface area contributed by atoms with Gasteiger partial charge in [-0.05, 0) is 0 Å². The number of alkyl halides is 1. The van der Waals surface area contributed by atoms with Crippen molar-refractivity contribution in [2.75, 3.05) is 6.26 Å². The number of nitrogens with zero attached hydrogens (tertiary/aromatic N) is 6. The third-order valence-electron chi connectivity index (χ3n) is 2.70. The summed E-state index contributed by atoms with van der Waals surface area (Å²) in [4.78, 5) is 19.7. The monoisotopic (exact) mass is 410 g/mol. The van der Waals surface area contributed by atoms with Crippen molar-refractivity contribution in [3.63, 3.8) is 0 Å². The summed E-state index contributed by atoms with van der Waals surface area (Å²) < 4.78 is 28.3. The van der Waals surface area contributed by atoms with Crippen LogP contribution in [-0.2, 0) is 40.9 Å². The predicted molar refractivity (Wildman–Crippen MR) is 88.9 cm³/mol. The molecule has 0 fully saturated rings. The molecule has 15 heteroatoms. The standard InChI is InChI=1S/C6H9N3O5S.C5H6ClN3O2/c1-8-3-6(9(10)11)5(7-8)4-14-15(2,12)13;1-8-3-5(9(10)11)4(2-6)7-8/h3H,4H2,1-2H3;3H,2H2,1H3. The molecule has 0 aliphatic rings. The van der Waals surface area contributed by atoms with Gasteiger partial charge in [0.15, 0.2) is 11.4 Å². The van der Waals surface area contributed by atoms with Crippen molar-refractivity contribution >= 4 is 33.1 Å². The Morgan fingerprint density at radius 2 is 1.50 bits per heavy atom. The van der Waals surface area contributed by atoms with Gasteiger partial charge in [0.25, 0.3) is 10.1 Å². The molecule has 0 bridgehead atoms. The van der Waals surface area contributed by atoms with Gasteiger partial charge < -0.3 is 0 Å². The summed E-state index contributed by atoms with van der Waals surface area (Å²) in [7, 11) is -0.516. The average Bonchev–Trinajstić information content (AvgIpc) is 3.07. The van der Waals surface area contributed by atoms with Crippen molar-refractivity contribution in [1.82, 2.24) is 19.6 Å². The van der Waals surface area contributed by atoms with Gasteiger partial charge in [0.1, 0.15) is 19.0 Å². The molecule has 0 N–H and O–H groups in total. The number of halogens is 1. The SMILES string of the molecule is Cn1cc([N+](=O)[O-])c(CCl)n1.Cn1cc([N+](=O)[O-])c(COS(C)(=O)=O)n1. The normalized spacial score (nSPS) is 10.9. The molecule has 144 valence electrons. The fourth-order valence-electron chi connectivity index (χ4n) is 1.71. The molecule has 26 heavy (non-hydrogen) atoms. The van der Waals surface area contributed by atoms with Crippen LogP contribution in [0.1, 0.15) is 11.4 Å². The van der Waals surface area contributed by atoms with Gasteiger partial charge in [0.05, 0.1) is 22.0 Å². The van der Waals surface area contributed by atoms with Crippen LogP contribution in [0, 0.1) is 20.2 Å². The molecule has 0 spiro atoms. The maximum absolute atomic E-state index is 10.7. The van der Waals surface area contributed by atoms with E-state index in [1.54, 1.807) is 7.05 Å². The fraction of sp³-hybridized carbons (Fsp3) is 0.455. The van der Waals surface area contributed by atoms with Crippen molar-refractivity contribution in [3.8, 4) is 0 Å². The molecule has 2 heterocycles. The lowest BCUT2D eigenvalue weighted by Gasteiger charge is -1.96. The maximum Gasteiger partial charge on any atom is 0.312 e. The zero-order chi connectivity index (χ0) is 20.1. The van der Waals surface area contributed by atoms with Crippen LogP contribution in [0.4, 0.5) is 11.4 Å². The van der Waals surface area contributed by atoms with E-state index in [1.165, 1.54) is 28.8 Å². The fourth-order valence-corrected chi connectivity index (χ4v) is 2.23. The van der Waals surface area contributed by atoms with Crippen LogP contribution >= 0.6 is 11.6 Å². The molecule has 2 aromatic rings. The Kier molecular flexibility index (Phi) is 7.17. The molecule has 0 aliphatic carbocycles. The molecule has 0 unspecified atom stereocenters. The molecule has 2 rings (SSSR count). The number of hydrogen-bond acceptors (Lipinski definition) is 9. The number of aromatic nitrogens is 4. The minimum atomic E-state index is -3.63. The Morgan fingerprint density at radius 3 is 1.85 bits per heavy atom. The van der Waals surface area contributed by atoms with Crippen LogP contribution < -0.4 is 0 Å².